The van der Waals surface area contributed by atoms with Crippen molar-refractivity contribution in [2.45, 2.75) is 57.3 Å². The molecule has 0 amide bonds. The van der Waals surface area contributed by atoms with Gasteiger partial charge in [-0.1, -0.05) is 36.4 Å². The molecule has 0 aliphatic carbocycles. The monoisotopic (exact) mass is 475 g/mol. The lowest BCUT2D eigenvalue weighted by atomic mass is 9.72. The zero-order chi connectivity index (χ0) is 24.8. The minimum atomic E-state index is -0.134. The molecule has 0 bridgehead atoms. The summed E-state index contributed by atoms with van der Waals surface area (Å²) in [5, 5.41) is 3.38. The summed E-state index contributed by atoms with van der Waals surface area (Å²) in [6.07, 6.45) is 9.88. The lowest BCUT2D eigenvalue weighted by molar-refractivity contribution is 0.182. The predicted octanol–water partition coefficient (Wildman–Crippen LogP) is 6.78. The lowest BCUT2D eigenvalue weighted by Crippen LogP contribution is -2.42. The Kier molecular flexibility index (Phi) is 8.33. The van der Waals surface area contributed by atoms with E-state index in [2.05, 4.69) is 65.5 Å². The fraction of sp³-hybridized carbons (Fsp3) is 0.484. The largest absolute Gasteiger partial charge is 0.388 e. The van der Waals surface area contributed by atoms with Gasteiger partial charge in [-0.3, -0.25) is 0 Å². The van der Waals surface area contributed by atoms with Crippen LogP contribution in [0, 0.1) is 12.7 Å². The van der Waals surface area contributed by atoms with E-state index in [4.69, 9.17) is 0 Å². The van der Waals surface area contributed by atoms with E-state index in [0.717, 1.165) is 69.7 Å². The highest BCUT2D eigenvalue weighted by atomic mass is 19.1. The van der Waals surface area contributed by atoms with Crippen molar-refractivity contribution in [1.29, 1.82) is 0 Å². The summed E-state index contributed by atoms with van der Waals surface area (Å²) in [5.74, 6) is -0.134. The third-order valence-corrected chi connectivity index (χ3v) is 8.14. The van der Waals surface area contributed by atoms with E-state index in [1.165, 1.54) is 36.1 Å². The smallest absolute Gasteiger partial charge is 0.132 e. The van der Waals surface area contributed by atoms with Gasteiger partial charge in [0.1, 0.15) is 5.82 Å². The molecule has 2 aliphatic rings. The van der Waals surface area contributed by atoms with E-state index in [9.17, 15) is 4.39 Å². The maximum Gasteiger partial charge on any atom is 0.132 e. The summed E-state index contributed by atoms with van der Waals surface area (Å²) in [5.41, 5.74) is 6.46. The van der Waals surface area contributed by atoms with Crippen molar-refractivity contribution in [2.24, 2.45) is 0 Å². The van der Waals surface area contributed by atoms with Crippen molar-refractivity contribution in [3.05, 3.63) is 83.7 Å². The van der Waals surface area contributed by atoms with Gasteiger partial charge >= 0.3 is 0 Å². The van der Waals surface area contributed by atoms with Crippen LogP contribution in [0.25, 0.3) is 5.70 Å². The van der Waals surface area contributed by atoms with Gasteiger partial charge in [-0.15, -0.1) is 6.58 Å². The van der Waals surface area contributed by atoms with Crippen LogP contribution in [0.5, 0.6) is 0 Å². The quantitative estimate of drug-likeness (QED) is 0.403. The SMILES string of the molecule is C=CC1(c2cc(C)ccc2NC)CCN(CCCc2ccc(C(=C)N3CCCCC3)c(F)c2)CC1. The second-order valence-corrected chi connectivity index (χ2v) is 10.4. The Morgan fingerprint density at radius 1 is 1.06 bits per heavy atom. The van der Waals surface area contributed by atoms with E-state index in [1.807, 2.05) is 13.1 Å². The highest BCUT2D eigenvalue weighted by molar-refractivity contribution is 5.63. The van der Waals surface area contributed by atoms with Gasteiger partial charge in [0.05, 0.1) is 0 Å². The van der Waals surface area contributed by atoms with E-state index in [1.54, 1.807) is 6.07 Å². The van der Waals surface area contributed by atoms with Gasteiger partial charge in [-0.05, 0) is 101 Å². The Morgan fingerprint density at radius 2 is 1.80 bits per heavy atom. The van der Waals surface area contributed by atoms with E-state index < -0.39 is 0 Å². The summed E-state index contributed by atoms with van der Waals surface area (Å²) in [7, 11) is 2.00. The molecule has 2 saturated heterocycles. The molecular formula is C31H42FN3. The first-order valence-electron chi connectivity index (χ1n) is 13.3. The molecule has 2 fully saturated rings. The molecule has 1 N–H and O–H groups in total. The summed E-state index contributed by atoms with van der Waals surface area (Å²) in [6, 6.07) is 12.4. The third kappa shape index (κ3) is 5.81. The van der Waals surface area contributed by atoms with Gasteiger partial charge in [-0.25, -0.2) is 4.39 Å². The van der Waals surface area contributed by atoms with Crippen LogP contribution < -0.4 is 5.32 Å². The summed E-state index contributed by atoms with van der Waals surface area (Å²) < 4.78 is 14.9. The lowest BCUT2D eigenvalue weighted by Gasteiger charge is -2.41. The number of hydrogen-bond donors (Lipinski definition) is 1. The van der Waals surface area contributed by atoms with Crippen LogP contribution in [0.1, 0.15) is 60.8 Å². The highest BCUT2D eigenvalue weighted by Crippen LogP contribution is 2.40. The Bertz CT molecular complexity index is 1030. The minimum absolute atomic E-state index is 0.0244. The molecule has 3 nitrogen and oxygen atoms in total. The van der Waals surface area contributed by atoms with Crippen LogP contribution in [0.2, 0.25) is 0 Å². The van der Waals surface area contributed by atoms with Crippen molar-refractivity contribution >= 4 is 11.4 Å². The van der Waals surface area contributed by atoms with Crippen LogP contribution in [0.4, 0.5) is 10.1 Å². The Hall–Kier alpha value is -2.59. The molecular weight excluding hydrogens is 433 g/mol. The maximum atomic E-state index is 14.9. The first-order valence-corrected chi connectivity index (χ1v) is 13.3. The molecule has 2 aromatic rings. The molecule has 0 radical (unpaired) electrons. The maximum absolute atomic E-state index is 14.9. The Morgan fingerprint density at radius 3 is 2.46 bits per heavy atom. The van der Waals surface area contributed by atoms with Crippen LogP contribution in [-0.2, 0) is 11.8 Å². The number of anilines is 1. The highest BCUT2D eigenvalue weighted by Gasteiger charge is 2.35. The number of likely N-dealkylation sites (tertiary alicyclic amines) is 2. The fourth-order valence-corrected chi connectivity index (χ4v) is 5.84. The fourth-order valence-electron chi connectivity index (χ4n) is 5.84. The van der Waals surface area contributed by atoms with Gasteiger partial charge in [0.2, 0.25) is 0 Å². The average Bonchev–Trinajstić information content (AvgIpc) is 2.89. The van der Waals surface area contributed by atoms with E-state index in [0.29, 0.717) is 5.56 Å². The van der Waals surface area contributed by atoms with Gasteiger partial charge in [0, 0.05) is 42.5 Å². The van der Waals surface area contributed by atoms with Crippen molar-refractivity contribution in [3.8, 4) is 0 Å². The summed E-state index contributed by atoms with van der Waals surface area (Å²) >= 11 is 0. The van der Waals surface area contributed by atoms with E-state index >= 15 is 0 Å². The molecule has 2 heterocycles. The van der Waals surface area contributed by atoms with Gasteiger partial charge < -0.3 is 15.1 Å². The number of piperidine rings is 2. The number of nitrogens with one attached hydrogen (secondary N) is 1. The molecule has 0 saturated carbocycles. The molecule has 2 aliphatic heterocycles. The van der Waals surface area contributed by atoms with Crippen LogP contribution >= 0.6 is 0 Å². The third-order valence-electron chi connectivity index (χ3n) is 8.14. The average molecular weight is 476 g/mol. The van der Waals surface area contributed by atoms with Gasteiger partial charge in [-0.2, -0.15) is 0 Å². The number of allylic oxidation sites excluding steroid dienone is 1. The van der Waals surface area contributed by atoms with E-state index in [-0.39, 0.29) is 11.2 Å². The topological polar surface area (TPSA) is 18.5 Å². The number of nitrogens with zero attached hydrogens (tertiary/aromatic N) is 2. The molecule has 0 atom stereocenters. The minimum Gasteiger partial charge on any atom is -0.388 e. The molecule has 4 heteroatoms. The van der Waals surface area contributed by atoms with Crippen molar-refractivity contribution in [3.63, 3.8) is 0 Å². The second-order valence-electron chi connectivity index (χ2n) is 10.4. The van der Waals surface area contributed by atoms with Gasteiger partial charge in [0.25, 0.3) is 0 Å². The Labute approximate surface area is 211 Å². The molecule has 2 aromatic carbocycles. The molecule has 0 unspecified atom stereocenters. The number of benzene rings is 2. The van der Waals surface area contributed by atoms with Crippen molar-refractivity contribution in [2.75, 3.05) is 45.1 Å². The second kappa shape index (κ2) is 11.4. The van der Waals surface area contributed by atoms with Crippen LogP contribution in [0.15, 0.2) is 55.6 Å². The number of halogens is 1. The molecule has 0 aromatic heterocycles. The first-order chi connectivity index (χ1) is 17.0. The molecule has 188 valence electrons. The zero-order valence-corrected chi connectivity index (χ0v) is 21.7. The molecule has 0 spiro atoms. The molecule has 35 heavy (non-hydrogen) atoms. The molecule has 4 rings (SSSR count). The number of rotatable bonds is 9. The van der Waals surface area contributed by atoms with Crippen molar-refractivity contribution < 1.29 is 4.39 Å². The standard InChI is InChI=1S/C31H42FN3/c1-5-31(28-22-24(2)11-14-30(28)33-4)15-20-34(21-16-31)17-9-10-26-12-13-27(29(32)23-26)25(3)35-18-7-6-8-19-35/h5,11-14,22-23,33H,1,3,6-10,15-21H2,2,4H3. The van der Waals surface area contributed by atoms with Crippen LogP contribution in [-0.4, -0.2) is 49.6 Å². The number of aryl methyl sites for hydroxylation is 2. The van der Waals surface area contributed by atoms with Crippen molar-refractivity contribution in [1.82, 2.24) is 9.80 Å². The first kappa shape index (κ1) is 25.5. The number of hydrogen-bond acceptors (Lipinski definition) is 3. The predicted molar refractivity (Wildman–Crippen MR) is 147 cm³/mol. The Balaban J connectivity index is 1.30. The normalized spacial score (nSPS) is 18.3. The van der Waals surface area contributed by atoms with Crippen LogP contribution in [0.3, 0.4) is 0 Å². The summed E-state index contributed by atoms with van der Waals surface area (Å²) in [4.78, 5) is 4.79. The summed E-state index contributed by atoms with van der Waals surface area (Å²) in [6.45, 7) is 15.7. The zero-order valence-electron chi connectivity index (χ0n) is 21.7. The van der Waals surface area contributed by atoms with Gasteiger partial charge in [0.15, 0.2) is 0 Å².